The van der Waals surface area contributed by atoms with Crippen molar-refractivity contribution < 1.29 is 32.3 Å². The first kappa shape index (κ1) is 26.2. The molecule has 40 heavy (non-hydrogen) atoms. The number of benzene rings is 1. The summed E-state index contributed by atoms with van der Waals surface area (Å²) in [4.78, 5) is 45.2. The molecule has 6 rings (SSSR count). The summed E-state index contributed by atoms with van der Waals surface area (Å²) >= 11 is 6.37. The Kier molecular flexibility index (Phi) is 6.24. The zero-order valence-corrected chi connectivity index (χ0v) is 21.6. The smallest absolute Gasteiger partial charge is 0.413 e. The molecule has 15 heteroatoms. The van der Waals surface area contributed by atoms with Gasteiger partial charge in [0, 0.05) is 56.0 Å². The van der Waals surface area contributed by atoms with Crippen molar-refractivity contribution in [3.8, 4) is 0 Å². The third kappa shape index (κ3) is 4.65. The Balaban J connectivity index is 1.23. The second-order valence-corrected chi connectivity index (χ2v) is 10.5. The molecule has 1 spiro atoms. The fourth-order valence-electron chi connectivity index (χ4n) is 5.72. The first-order valence-corrected chi connectivity index (χ1v) is 12.9. The second kappa shape index (κ2) is 9.54. The molecule has 4 amide bonds. The summed E-state index contributed by atoms with van der Waals surface area (Å²) < 4.78 is 46.0. The van der Waals surface area contributed by atoms with E-state index >= 15 is 0 Å². The molecule has 3 aliphatic rings. The number of piperidine rings is 1. The zero-order chi connectivity index (χ0) is 28.2. The number of urea groups is 1. The van der Waals surface area contributed by atoms with Crippen LogP contribution >= 0.6 is 11.6 Å². The predicted molar refractivity (Wildman–Crippen MR) is 135 cm³/mol. The molecule has 3 aromatic rings. The van der Waals surface area contributed by atoms with Gasteiger partial charge in [0.1, 0.15) is 24.0 Å². The Labute approximate surface area is 230 Å². The molecular formula is C25H23ClF3N7O4. The molecule has 1 saturated heterocycles. The number of aromatic amines is 1. The highest BCUT2D eigenvalue weighted by Gasteiger charge is 2.46. The van der Waals surface area contributed by atoms with E-state index in [0.717, 1.165) is 0 Å². The molecule has 0 unspecified atom stereocenters. The van der Waals surface area contributed by atoms with E-state index in [1.54, 1.807) is 24.4 Å². The number of amides is 4. The van der Waals surface area contributed by atoms with Crippen LogP contribution in [0.15, 0.2) is 30.6 Å². The van der Waals surface area contributed by atoms with Crippen LogP contribution in [-0.2, 0) is 28.1 Å². The van der Waals surface area contributed by atoms with Crippen LogP contribution in [0.3, 0.4) is 0 Å². The predicted octanol–water partition coefficient (Wildman–Crippen LogP) is 3.69. The summed E-state index contributed by atoms with van der Waals surface area (Å²) in [5.41, 5.74) is 1.24. The first-order chi connectivity index (χ1) is 19.0. The lowest BCUT2D eigenvalue weighted by atomic mass is 9.83. The molecule has 1 atom stereocenters. The third-order valence-corrected chi connectivity index (χ3v) is 7.91. The van der Waals surface area contributed by atoms with Crippen LogP contribution < -0.4 is 10.6 Å². The topological polar surface area (TPSA) is 133 Å². The number of rotatable bonds is 2. The van der Waals surface area contributed by atoms with Crippen LogP contribution in [-0.4, -0.2) is 74.9 Å². The van der Waals surface area contributed by atoms with Crippen molar-refractivity contribution in [1.82, 2.24) is 30.3 Å². The largest absolute Gasteiger partial charge is 0.437 e. The van der Waals surface area contributed by atoms with Gasteiger partial charge in [-0.25, -0.2) is 14.6 Å². The lowest BCUT2D eigenvalue weighted by molar-refractivity contribution is -0.163. The Hall–Kier alpha value is -4.07. The summed E-state index contributed by atoms with van der Waals surface area (Å²) in [5.74, 6) is -0.454. The first-order valence-electron chi connectivity index (χ1n) is 12.5. The highest BCUT2D eigenvalue weighted by molar-refractivity contribution is 6.35. The van der Waals surface area contributed by atoms with E-state index in [9.17, 15) is 27.6 Å². The number of nitrogens with one attached hydrogen (secondary N) is 3. The Morgan fingerprint density at radius 3 is 2.80 bits per heavy atom. The zero-order valence-electron chi connectivity index (χ0n) is 20.8. The maximum absolute atomic E-state index is 13.5. The second-order valence-electron chi connectivity index (χ2n) is 10.1. The van der Waals surface area contributed by atoms with E-state index in [4.69, 9.17) is 16.3 Å². The normalized spacial score (nSPS) is 20.4. The van der Waals surface area contributed by atoms with Crippen molar-refractivity contribution in [2.45, 2.75) is 43.6 Å². The van der Waals surface area contributed by atoms with Gasteiger partial charge in [0.15, 0.2) is 0 Å². The highest BCUT2D eigenvalue weighted by atomic mass is 35.5. The molecule has 3 aliphatic heterocycles. The molecule has 0 aliphatic carbocycles. The number of carbonyl (C=O) groups excluding carboxylic acids is 3. The molecule has 2 aromatic heterocycles. The van der Waals surface area contributed by atoms with Gasteiger partial charge in [-0.2, -0.15) is 18.3 Å². The van der Waals surface area contributed by atoms with Crippen molar-refractivity contribution >= 4 is 46.4 Å². The minimum absolute atomic E-state index is 0.0464. The number of anilines is 1. The van der Waals surface area contributed by atoms with Crippen molar-refractivity contribution in [3.63, 3.8) is 0 Å². The van der Waals surface area contributed by atoms with Crippen LogP contribution in [0, 0.1) is 0 Å². The number of carbonyl (C=O) groups is 3. The van der Waals surface area contributed by atoms with Gasteiger partial charge in [-0.05, 0) is 29.3 Å². The Bertz CT molecular complexity index is 1520. The van der Waals surface area contributed by atoms with Gasteiger partial charge in [0.05, 0.1) is 16.7 Å². The number of hydrogen-bond acceptors (Lipinski definition) is 6. The SMILES string of the molecule is O=C1Nc2ncccc2C2(CCN(C(=O)N[C@H]3Cc4cc(Cl)c5[nH]ncc5c4CN(CC(F)(F)F)C3=O)CC2)O1. The van der Waals surface area contributed by atoms with Crippen LogP contribution in [0.1, 0.15) is 29.5 Å². The number of nitrogens with zero attached hydrogens (tertiary/aromatic N) is 4. The number of likely N-dealkylation sites (tertiary alicyclic amines) is 1. The number of ether oxygens (including phenoxy) is 1. The number of fused-ring (bicyclic) bond motifs is 5. The van der Waals surface area contributed by atoms with Gasteiger partial charge in [-0.15, -0.1) is 0 Å². The number of hydrogen-bond donors (Lipinski definition) is 3. The maximum Gasteiger partial charge on any atom is 0.413 e. The van der Waals surface area contributed by atoms with Crippen molar-refractivity contribution in [3.05, 3.63) is 52.3 Å². The molecule has 3 N–H and O–H groups in total. The van der Waals surface area contributed by atoms with Crippen LogP contribution in [0.4, 0.5) is 28.6 Å². The van der Waals surface area contributed by atoms with E-state index in [1.807, 2.05) is 0 Å². The average Bonchev–Trinajstić information content (AvgIpc) is 3.36. The van der Waals surface area contributed by atoms with Gasteiger partial charge in [0.2, 0.25) is 5.91 Å². The van der Waals surface area contributed by atoms with Crippen molar-refractivity contribution in [1.29, 1.82) is 0 Å². The van der Waals surface area contributed by atoms with Gasteiger partial charge in [-0.3, -0.25) is 15.2 Å². The van der Waals surface area contributed by atoms with Gasteiger partial charge >= 0.3 is 18.3 Å². The molecule has 0 saturated carbocycles. The van der Waals surface area contributed by atoms with Crippen LogP contribution in [0.25, 0.3) is 10.9 Å². The fraction of sp³-hybridized carbons (Fsp3) is 0.400. The fourth-order valence-corrected chi connectivity index (χ4v) is 6.00. The van der Waals surface area contributed by atoms with E-state index in [2.05, 4.69) is 25.8 Å². The Morgan fingerprint density at radius 2 is 2.05 bits per heavy atom. The maximum atomic E-state index is 13.5. The highest BCUT2D eigenvalue weighted by Crippen LogP contribution is 2.42. The summed E-state index contributed by atoms with van der Waals surface area (Å²) in [7, 11) is 0. The van der Waals surface area contributed by atoms with Gasteiger partial charge in [-0.1, -0.05) is 11.6 Å². The number of alkyl halides is 3. The molecule has 1 fully saturated rings. The van der Waals surface area contributed by atoms with Gasteiger partial charge < -0.3 is 19.9 Å². The summed E-state index contributed by atoms with van der Waals surface area (Å²) in [5, 5.41) is 12.7. The number of aromatic nitrogens is 3. The van der Waals surface area contributed by atoms with Crippen LogP contribution in [0.2, 0.25) is 5.02 Å². The lowest BCUT2D eigenvalue weighted by Gasteiger charge is -2.43. The van der Waals surface area contributed by atoms with Crippen molar-refractivity contribution in [2.75, 3.05) is 25.0 Å². The van der Waals surface area contributed by atoms with E-state index in [1.165, 1.54) is 11.1 Å². The molecule has 11 nitrogen and oxygen atoms in total. The summed E-state index contributed by atoms with van der Waals surface area (Å²) in [6.07, 6.45) is -1.76. The van der Waals surface area contributed by atoms with E-state index in [0.29, 0.717) is 43.3 Å². The molecule has 210 valence electrons. The summed E-state index contributed by atoms with van der Waals surface area (Å²) in [6, 6.07) is 3.26. The molecule has 0 radical (unpaired) electrons. The molecule has 1 aromatic carbocycles. The monoisotopic (exact) mass is 577 g/mol. The van der Waals surface area contributed by atoms with E-state index in [-0.39, 0.29) is 38.9 Å². The Morgan fingerprint density at radius 1 is 1.27 bits per heavy atom. The lowest BCUT2D eigenvalue weighted by Crippen LogP contribution is -2.56. The number of halogens is 4. The minimum atomic E-state index is -4.64. The minimum Gasteiger partial charge on any atom is -0.437 e. The van der Waals surface area contributed by atoms with Crippen LogP contribution in [0.5, 0.6) is 0 Å². The number of pyridine rings is 1. The molecule has 0 bridgehead atoms. The standard InChI is InChI=1S/C25H23ClF3N7O4/c26-17-8-13-9-18(21(37)36(12-25(27,28)29)11-15(13)14-10-31-34-19(14)17)32-22(38)35-6-3-24(4-7-35)16-2-1-5-30-20(16)33-23(39)40-24/h1-2,5,8,10,18H,3-4,6-7,9,11-12H2,(H,31,34)(H,32,38)(H,30,33,39)/t18-/m0/s1. The van der Waals surface area contributed by atoms with Crippen molar-refractivity contribution in [2.24, 2.45) is 0 Å². The average molecular weight is 578 g/mol. The molecular weight excluding hydrogens is 555 g/mol. The van der Waals surface area contributed by atoms with Gasteiger partial charge in [0.25, 0.3) is 0 Å². The van der Waals surface area contributed by atoms with E-state index < -0.39 is 42.4 Å². The summed E-state index contributed by atoms with van der Waals surface area (Å²) in [6.45, 7) is -1.43. The quantitative estimate of drug-likeness (QED) is 0.426. The molecule has 5 heterocycles. The third-order valence-electron chi connectivity index (χ3n) is 7.61. The number of H-pyrrole nitrogens is 1.